The molecule has 0 saturated heterocycles. The number of ether oxygens (including phenoxy) is 1. The molecular weight excluding hydrogens is 316 g/mol. The summed E-state index contributed by atoms with van der Waals surface area (Å²) in [6.07, 6.45) is -0.636. The van der Waals surface area contributed by atoms with Gasteiger partial charge in [-0.3, -0.25) is 9.59 Å². The molecule has 0 spiro atoms. The molecule has 5 heteroatoms. The molecule has 2 N–H and O–H groups in total. The second-order valence-electron chi connectivity index (χ2n) is 5.96. The van der Waals surface area contributed by atoms with Crippen LogP contribution in [-0.2, 0) is 4.79 Å². The van der Waals surface area contributed by atoms with Gasteiger partial charge in [-0.05, 0) is 69.2 Å². The maximum absolute atomic E-state index is 12.3. The number of hydrogen-bond acceptors (Lipinski definition) is 3. The lowest BCUT2D eigenvalue weighted by atomic mass is 10.1. The van der Waals surface area contributed by atoms with E-state index in [4.69, 9.17) is 4.74 Å². The predicted octanol–water partition coefficient (Wildman–Crippen LogP) is 3.46. The summed E-state index contributed by atoms with van der Waals surface area (Å²) in [5, 5.41) is 5.53. The Morgan fingerprint density at radius 2 is 1.76 bits per heavy atom. The second kappa shape index (κ2) is 8.33. The van der Waals surface area contributed by atoms with Crippen LogP contribution in [0.2, 0.25) is 0 Å². The van der Waals surface area contributed by atoms with Crippen LogP contribution in [0.4, 0.5) is 5.69 Å². The number of nitrogens with one attached hydrogen (secondary N) is 2. The second-order valence-corrected chi connectivity index (χ2v) is 5.96. The Morgan fingerprint density at radius 1 is 1.08 bits per heavy atom. The molecule has 0 heterocycles. The van der Waals surface area contributed by atoms with Crippen molar-refractivity contribution in [1.29, 1.82) is 0 Å². The molecule has 1 unspecified atom stereocenters. The summed E-state index contributed by atoms with van der Waals surface area (Å²) in [6, 6.07) is 12.6. The van der Waals surface area contributed by atoms with Gasteiger partial charge in [-0.15, -0.1) is 0 Å². The Kier molecular flexibility index (Phi) is 6.17. The first kappa shape index (κ1) is 18.5. The topological polar surface area (TPSA) is 67.4 Å². The Bertz CT molecular complexity index is 754. The van der Waals surface area contributed by atoms with Crippen LogP contribution in [0.25, 0.3) is 0 Å². The fourth-order valence-corrected chi connectivity index (χ4v) is 2.29. The van der Waals surface area contributed by atoms with Crippen LogP contribution in [0.1, 0.15) is 35.3 Å². The summed E-state index contributed by atoms with van der Waals surface area (Å²) >= 11 is 0. The molecule has 0 saturated carbocycles. The minimum Gasteiger partial charge on any atom is -0.481 e. The molecule has 0 aliphatic rings. The van der Waals surface area contributed by atoms with Crippen LogP contribution < -0.4 is 15.4 Å². The van der Waals surface area contributed by atoms with Crippen LogP contribution in [0.15, 0.2) is 42.5 Å². The molecule has 2 aromatic carbocycles. The minimum atomic E-state index is -0.636. The van der Waals surface area contributed by atoms with E-state index in [0.717, 1.165) is 11.1 Å². The van der Waals surface area contributed by atoms with E-state index in [2.05, 4.69) is 10.6 Å². The van der Waals surface area contributed by atoms with Crippen molar-refractivity contribution in [2.24, 2.45) is 0 Å². The monoisotopic (exact) mass is 340 g/mol. The lowest BCUT2D eigenvalue weighted by molar-refractivity contribution is -0.122. The number of carbonyl (C=O) groups excluding carboxylic acids is 2. The van der Waals surface area contributed by atoms with Gasteiger partial charge in [0, 0.05) is 17.8 Å². The van der Waals surface area contributed by atoms with Crippen LogP contribution in [0.3, 0.4) is 0 Å². The van der Waals surface area contributed by atoms with Crippen molar-refractivity contribution >= 4 is 17.5 Å². The standard InChI is InChI=1S/C20H24N2O3/c1-5-21-20(24)16-8-10-17(11-9-16)22-19(23)15(4)25-18-12-13(2)6-7-14(18)3/h6-12,15H,5H2,1-4H3,(H,21,24)(H,22,23). The molecule has 0 bridgehead atoms. The number of hydrogen-bond donors (Lipinski definition) is 2. The van der Waals surface area contributed by atoms with E-state index >= 15 is 0 Å². The highest BCUT2D eigenvalue weighted by atomic mass is 16.5. The number of amides is 2. The summed E-state index contributed by atoms with van der Waals surface area (Å²) in [4.78, 5) is 24.0. The SMILES string of the molecule is CCNC(=O)c1ccc(NC(=O)C(C)Oc2cc(C)ccc2C)cc1. The van der Waals surface area contributed by atoms with Crippen molar-refractivity contribution in [3.05, 3.63) is 59.2 Å². The van der Waals surface area contributed by atoms with Crippen molar-refractivity contribution < 1.29 is 14.3 Å². The van der Waals surface area contributed by atoms with Crippen molar-refractivity contribution in [3.63, 3.8) is 0 Å². The highest BCUT2D eigenvalue weighted by Crippen LogP contribution is 2.21. The first-order valence-corrected chi connectivity index (χ1v) is 8.33. The normalized spacial score (nSPS) is 11.5. The molecule has 5 nitrogen and oxygen atoms in total. The fraction of sp³-hybridized carbons (Fsp3) is 0.300. The molecule has 0 radical (unpaired) electrons. The summed E-state index contributed by atoms with van der Waals surface area (Å²) in [5.74, 6) is 0.327. The van der Waals surface area contributed by atoms with E-state index in [-0.39, 0.29) is 11.8 Å². The average molecular weight is 340 g/mol. The molecular formula is C20H24N2O3. The molecule has 1 atom stereocenters. The van der Waals surface area contributed by atoms with Crippen LogP contribution in [0.5, 0.6) is 5.75 Å². The quantitative estimate of drug-likeness (QED) is 0.846. The molecule has 2 aromatic rings. The summed E-state index contributed by atoms with van der Waals surface area (Å²) in [5.41, 5.74) is 3.24. The highest BCUT2D eigenvalue weighted by molar-refractivity contribution is 5.96. The number of rotatable bonds is 6. The third kappa shape index (κ3) is 5.08. The van der Waals surface area contributed by atoms with Gasteiger partial charge in [-0.25, -0.2) is 0 Å². The van der Waals surface area contributed by atoms with Crippen molar-refractivity contribution in [2.75, 3.05) is 11.9 Å². The molecule has 2 rings (SSSR count). The zero-order valence-corrected chi connectivity index (χ0v) is 15.1. The lowest BCUT2D eigenvalue weighted by Gasteiger charge is -2.17. The van der Waals surface area contributed by atoms with E-state index in [1.807, 2.05) is 39.0 Å². The molecule has 0 aliphatic heterocycles. The third-order valence-corrected chi connectivity index (χ3v) is 3.77. The fourth-order valence-electron chi connectivity index (χ4n) is 2.29. The van der Waals surface area contributed by atoms with Gasteiger partial charge in [0.2, 0.25) is 0 Å². The van der Waals surface area contributed by atoms with Gasteiger partial charge >= 0.3 is 0 Å². The Labute approximate surface area is 148 Å². The van der Waals surface area contributed by atoms with Gasteiger partial charge < -0.3 is 15.4 Å². The molecule has 25 heavy (non-hydrogen) atoms. The lowest BCUT2D eigenvalue weighted by Crippen LogP contribution is -2.30. The van der Waals surface area contributed by atoms with Gasteiger partial charge in [0.1, 0.15) is 5.75 Å². The third-order valence-electron chi connectivity index (χ3n) is 3.77. The maximum Gasteiger partial charge on any atom is 0.265 e. The van der Waals surface area contributed by atoms with Crippen molar-refractivity contribution in [2.45, 2.75) is 33.8 Å². The van der Waals surface area contributed by atoms with Gasteiger partial charge in [0.25, 0.3) is 11.8 Å². The molecule has 0 fully saturated rings. The summed E-state index contributed by atoms with van der Waals surface area (Å²) in [6.45, 7) is 8.07. The van der Waals surface area contributed by atoms with Gasteiger partial charge in [-0.2, -0.15) is 0 Å². The molecule has 2 amide bonds. The maximum atomic E-state index is 12.3. The van der Waals surface area contributed by atoms with Crippen molar-refractivity contribution in [3.8, 4) is 5.75 Å². The van der Waals surface area contributed by atoms with E-state index in [1.165, 1.54) is 0 Å². The average Bonchev–Trinajstić information content (AvgIpc) is 2.59. The van der Waals surface area contributed by atoms with E-state index in [0.29, 0.717) is 23.5 Å². The number of aryl methyl sites for hydroxylation is 2. The number of anilines is 1. The Morgan fingerprint density at radius 3 is 2.40 bits per heavy atom. The molecule has 132 valence electrons. The van der Waals surface area contributed by atoms with E-state index in [1.54, 1.807) is 31.2 Å². The minimum absolute atomic E-state index is 0.132. The highest BCUT2D eigenvalue weighted by Gasteiger charge is 2.16. The molecule has 0 aliphatic carbocycles. The summed E-state index contributed by atoms with van der Waals surface area (Å²) in [7, 11) is 0. The first-order chi connectivity index (χ1) is 11.9. The van der Waals surface area contributed by atoms with Crippen LogP contribution in [0, 0.1) is 13.8 Å². The van der Waals surface area contributed by atoms with Gasteiger partial charge in [0.05, 0.1) is 0 Å². The smallest absolute Gasteiger partial charge is 0.265 e. The zero-order chi connectivity index (χ0) is 18.4. The van der Waals surface area contributed by atoms with Crippen LogP contribution >= 0.6 is 0 Å². The Hall–Kier alpha value is -2.82. The number of benzene rings is 2. The van der Waals surface area contributed by atoms with Gasteiger partial charge in [0.15, 0.2) is 6.10 Å². The summed E-state index contributed by atoms with van der Waals surface area (Å²) < 4.78 is 5.78. The zero-order valence-electron chi connectivity index (χ0n) is 15.1. The number of carbonyl (C=O) groups is 2. The van der Waals surface area contributed by atoms with Gasteiger partial charge in [-0.1, -0.05) is 12.1 Å². The van der Waals surface area contributed by atoms with E-state index < -0.39 is 6.10 Å². The Balaban J connectivity index is 1.99. The van der Waals surface area contributed by atoms with Crippen LogP contribution in [-0.4, -0.2) is 24.5 Å². The molecule has 0 aromatic heterocycles. The first-order valence-electron chi connectivity index (χ1n) is 8.33. The largest absolute Gasteiger partial charge is 0.481 e. The van der Waals surface area contributed by atoms with E-state index in [9.17, 15) is 9.59 Å². The predicted molar refractivity (Wildman–Crippen MR) is 99.1 cm³/mol. The van der Waals surface area contributed by atoms with Crippen molar-refractivity contribution in [1.82, 2.24) is 5.32 Å².